The topological polar surface area (TPSA) is 32.3 Å². The van der Waals surface area contributed by atoms with Crippen LogP contribution in [0.15, 0.2) is 0 Å². The highest BCUT2D eigenvalue weighted by atomic mass is 19.4. The van der Waals surface area contributed by atoms with Crippen LogP contribution in [-0.2, 0) is 4.79 Å². The van der Waals surface area contributed by atoms with Gasteiger partial charge in [0.1, 0.15) is 6.54 Å². The normalized spacial score (nSPS) is 21.1. The third-order valence-corrected chi connectivity index (χ3v) is 2.91. The second-order valence-electron chi connectivity index (χ2n) is 5.27. The van der Waals surface area contributed by atoms with Crippen LogP contribution in [0.5, 0.6) is 0 Å². The lowest BCUT2D eigenvalue weighted by Crippen LogP contribution is -2.47. The zero-order valence-electron chi connectivity index (χ0n) is 10.9. The summed E-state index contributed by atoms with van der Waals surface area (Å²) in [4.78, 5) is 13.1. The Morgan fingerprint density at radius 3 is 2.56 bits per heavy atom. The largest absolute Gasteiger partial charge is 0.406 e. The molecule has 0 spiro atoms. The molecule has 0 aromatic heterocycles. The van der Waals surface area contributed by atoms with E-state index in [0.29, 0.717) is 13.0 Å². The summed E-state index contributed by atoms with van der Waals surface area (Å²) in [5.74, 6) is -0.638. The Kier molecular flexibility index (Phi) is 5.44. The van der Waals surface area contributed by atoms with Crippen molar-refractivity contribution in [3.05, 3.63) is 0 Å². The van der Waals surface area contributed by atoms with E-state index in [-0.39, 0.29) is 24.3 Å². The first kappa shape index (κ1) is 15.3. The molecule has 1 amide bonds. The second kappa shape index (κ2) is 6.41. The fraction of sp³-hybridized carbons (Fsp3) is 0.917. The van der Waals surface area contributed by atoms with Crippen molar-refractivity contribution in [2.45, 2.75) is 32.9 Å². The van der Waals surface area contributed by atoms with Gasteiger partial charge in [0, 0.05) is 13.1 Å². The van der Waals surface area contributed by atoms with Crippen molar-refractivity contribution in [2.75, 3.05) is 26.2 Å². The number of nitrogens with zero attached hydrogens (tertiary/aromatic N) is 1. The van der Waals surface area contributed by atoms with Gasteiger partial charge in [-0.15, -0.1) is 0 Å². The smallest absolute Gasteiger partial charge is 0.333 e. The summed E-state index contributed by atoms with van der Waals surface area (Å²) >= 11 is 0. The molecule has 6 heteroatoms. The number of halogens is 3. The second-order valence-corrected chi connectivity index (χ2v) is 5.27. The van der Waals surface area contributed by atoms with Crippen molar-refractivity contribution >= 4 is 5.91 Å². The van der Waals surface area contributed by atoms with Crippen LogP contribution in [0.3, 0.4) is 0 Å². The molecular weight excluding hydrogens is 245 g/mol. The van der Waals surface area contributed by atoms with Crippen molar-refractivity contribution in [3.63, 3.8) is 0 Å². The first-order chi connectivity index (χ1) is 8.29. The third kappa shape index (κ3) is 5.25. The highest BCUT2D eigenvalue weighted by Gasteiger charge is 2.35. The predicted molar refractivity (Wildman–Crippen MR) is 63.1 cm³/mol. The minimum absolute atomic E-state index is 0.0350. The summed E-state index contributed by atoms with van der Waals surface area (Å²) in [6, 6.07) is 0. The lowest BCUT2D eigenvalue weighted by atomic mass is 9.97. The minimum Gasteiger partial charge on any atom is -0.333 e. The zero-order valence-corrected chi connectivity index (χ0v) is 10.9. The summed E-state index contributed by atoms with van der Waals surface area (Å²) in [6.07, 6.45) is -2.80. The molecule has 1 aliphatic rings. The maximum absolute atomic E-state index is 12.5. The summed E-state index contributed by atoms with van der Waals surface area (Å²) in [5.41, 5.74) is 0. The average Bonchev–Trinajstić information content (AvgIpc) is 2.26. The number of hydrogen-bond donors (Lipinski definition) is 1. The molecule has 1 atom stereocenters. The Labute approximate surface area is 106 Å². The van der Waals surface area contributed by atoms with Crippen molar-refractivity contribution in [1.82, 2.24) is 10.2 Å². The van der Waals surface area contributed by atoms with E-state index in [9.17, 15) is 18.0 Å². The van der Waals surface area contributed by atoms with E-state index >= 15 is 0 Å². The maximum atomic E-state index is 12.5. The Balaban J connectivity index is 2.65. The Morgan fingerprint density at radius 1 is 1.44 bits per heavy atom. The van der Waals surface area contributed by atoms with Gasteiger partial charge in [0.05, 0.1) is 5.92 Å². The summed E-state index contributed by atoms with van der Waals surface area (Å²) in [7, 11) is 0. The minimum atomic E-state index is -4.33. The van der Waals surface area contributed by atoms with Crippen LogP contribution in [0.25, 0.3) is 0 Å². The summed E-state index contributed by atoms with van der Waals surface area (Å²) in [5, 5.41) is 3.06. The average molecular weight is 266 g/mol. The molecule has 0 bridgehead atoms. The van der Waals surface area contributed by atoms with Crippen molar-refractivity contribution in [3.8, 4) is 0 Å². The molecule has 1 saturated heterocycles. The number of hydrogen-bond acceptors (Lipinski definition) is 2. The number of rotatable bonds is 4. The van der Waals surface area contributed by atoms with Crippen molar-refractivity contribution < 1.29 is 18.0 Å². The quantitative estimate of drug-likeness (QED) is 0.844. The number of carbonyl (C=O) groups excluding carboxylic acids is 1. The highest BCUT2D eigenvalue weighted by molar-refractivity contribution is 5.79. The van der Waals surface area contributed by atoms with E-state index < -0.39 is 12.7 Å². The van der Waals surface area contributed by atoms with E-state index in [4.69, 9.17) is 0 Å². The molecule has 0 aromatic carbocycles. The molecule has 1 aliphatic heterocycles. The predicted octanol–water partition coefficient (Wildman–Crippen LogP) is 2.03. The maximum Gasteiger partial charge on any atom is 0.406 e. The first-order valence-corrected chi connectivity index (χ1v) is 6.36. The van der Waals surface area contributed by atoms with E-state index in [2.05, 4.69) is 5.32 Å². The van der Waals surface area contributed by atoms with Crippen molar-refractivity contribution in [1.29, 1.82) is 0 Å². The Bertz CT molecular complexity index is 273. The number of nitrogens with one attached hydrogen (secondary N) is 1. The molecule has 106 valence electrons. The van der Waals surface area contributed by atoms with E-state index in [1.807, 2.05) is 13.8 Å². The van der Waals surface area contributed by atoms with Gasteiger partial charge in [0.2, 0.25) is 5.91 Å². The lowest BCUT2D eigenvalue weighted by molar-refractivity contribution is -0.165. The molecule has 1 rings (SSSR count). The van der Waals surface area contributed by atoms with Crippen LogP contribution in [0, 0.1) is 11.8 Å². The van der Waals surface area contributed by atoms with Gasteiger partial charge in [-0.2, -0.15) is 13.2 Å². The lowest BCUT2D eigenvalue weighted by Gasteiger charge is -2.31. The van der Waals surface area contributed by atoms with Crippen LogP contribution in [-0.4, -0.2) is 43.2 Å². The SMILES string of the molecule is CC(C)CN(CC(F)(F)F)C(=O)C1CCCNC1. The molecule has 0 aliphatic carbocycles. The van der Waals surface area contributed by atoms with Gasteiger partial charge in [0.25, 0.3) is 0 Å². The number of alkyl halides is 3. The van der Waals surface area contributed by atoms with Crippen molar-refractivity contribution in [2.24, 2.45) is 11.8 Å². The number of carbonyl (C=O) groups is 1. The highest BCUT2D eigenvalue weighted by Crippen LogP contribution is 2.21. The van der Waals surface area contributed by atoms with Gasteiger partial charge in [0.15, 0.2) is 0 Å². The van der Waals surface area contributed by atoms with Gasteiger partial charge in [-0.05, 0) is 25.3 Å². The van der Waals surface area contributed by atoms with Crippen LogP contribution >= 0.6 is 0 Å². The molecule has 1 unspecified atom stereocenters. The molecule has 18 heavy (non-hydrogen) atoms. The fourth-order valence-corrected chi connectivity index (χ4v) is 2.21. The fourth-order valence-electron chi connectivity index (χ4n) is 2.21. The standard InChI is InChI=1S/C12H21F3N2O/c1-9(2)7-17(8-12(13,14)15)11(18)10-4-3-5-16-6-10/h9-10,16H,3-8H2,1-2H3. The van der Waals surface area contributed by atoms with E-state index in [0.717, 1.165) is 17.9 Å². The molecular formula is C12H21F3N2O. The molecule has 0 saturated carbocycles. The summed E-state index contributed by atoms with van der Waals surface area (Å²) in [6.45, 7) is 3.99. The first-order valence-electron chi connectivity index (χ1n) is 6.36. The Morgan fingerprint density at radius 2 is 2.11 bits per heavy atom. The monoisotopic (exact) mass is 266 g/mol. The van der Waals surface area contributed by atoms with E-state index in [1.165, 1.54) is 0 Å². The molecule has 3 nitrogen and oxygen atoms in total. The van der Waals surface area contributed by atoms with Gasteiger partial charge < -0.3 is 10.2 Å². The van der Waals surface area contributed by atoms with Crippen LogP contribution in [0.4, 0.5) is 13.2 Å². The van der Waals surface area contributed by atoms with Gasteiger partial charge in [-0.25, -0.2) is 0 Å². The number of amides is 1. The van der Waals surface area contributed by atoms with Gasteiger partial charge in [-0.1, -0.05) is 13.8 Å². The summed E-state index contributed by atoms with van der Waals surface area (Å²) < 4.78 is 37.4. The van der Waals surface area contributed by atoms with E-state index in [1.54, 1.807) is 0 Å². The van der Waals surface area contributed by atoms with Gasteiger partial charge in [-0.3, -0.25) is 4.79 Å². The zero-order chi connectivity index (χ0) is 13.8. The molecule has 1 fully saturated rings. The third-order valence-electron chi connectivity index (χ3n) is 2.91. The van der Waals surface area contributed by atoms with Crippen LogP contribution in [0.2, 0.25) is 0 Å². The molecule has 0 radical (unpaired) electrons. The molecule has 0 aromatic rings. The molecule has 1 N–H and O–H groups in total. The number of piperidine rings is 1. The van der Waals surface area contributed by atoms with Gasteiger partial charge >= 0.3 is 6.18 Å². The Hall–Kier alpha value is -0.780. The van der Waals surface area contributed by atoms with Crippen LogP contribution < -0.4 is 5.32 Å². The van der Waals surface area contributed by atoms with Crippen LogP contribution in [0.1, 0.15) is 26.7 Å². The molecule has 1 heterocycles.